The molecule has 0 saturated carbocycles. The van der Waals surface area contributed by atoms with E-state index < -0.39 is 11.6 Å². The molecule has 32 heavy (non-hydrogen) atoms. The second-order valence-electron chi connectivity index (χ2n) is 6.14. The van der Waals surface area contributed by atoms with Crippen LogP contribution < -0.4 is 5.32 Å². The van der Waals surface area contributed by atoms with Crippen LogP contribution in [0.4, 0.5) is 10.1 Å². The first-order valence-corrected chi connectivity index (χ1v) is 10.1. The van der Waals surface area contributed by atoms with Crippen LogP contribution in [0.3, 0.4) is 0 Å². The average molecular weight is 455 g/mol. The van der Waals surface area contributed by atoms with Gasteiger partial charge in [0.25, 0.3) is 0 Å². The molecular formula is C24H27FN3O3P. The van der Waals surface area contributed by atoms with Crippen LogP contribution in [0.1, 0.15) is 24.2 Å². The predicted molar refractivity (Wildman–Crippen MR) is 132 cm³/mol. The summed E-state index contributed by atoms with van der Waals surface area (Å²) in [5.41, 5.74) is 3.30. The smallest absolute Gasteiger partial charge is 0.211 e. The van der Waals surface area contributed by atoms with Gasteiger partial charge in [0.05, 0.1) is 5.57 Å². The lowest BCUT2D eigenvalue weighted by atomic mass is 10.00. The van der Waals surface area contributed by atoms with Gasteiger partial charge in [0.2, 0.25) is 6.41 Å². The molecule has 3 rings (SSSR count). The first-order valence-electron chi connectivity index (χ1n) is 9.52. The number of carbonyl (C=O) groups excluding carboxylic acids is 2. The third kappa shape index (κ3) is 6.06. The molecule has 2 aromatic heterocycles. The summed E-state index contributed by atoms with van der Waals surface area (Å²) < 4.78 is 14.0. The summed E-state index contributed by atoms with van der Waals surface area (Å²) in [6.07, 6.45) is 5.54. The zero-order valence-electron chi connectivity index (χ0n) is 18.3. The Morgan fingerprint density at radius 1 is 1.22 bits per heavy atom. The van der Waals surface area contributed by atoms with Crippen LogP contribution in [-0.2, 0) is 4.79 Å². The van der Waals surface area contributed by atoms with Gasteiger partial charge in [0.1, 0.15) is 11.5 Å². The molecule has 0 aliphatic rings. The lowest BCUT2D eigenvalue weighted by molar-refractivity contribution is -0.105. The molecule has 0 fully saturated rings. The summed E-state index contributed by atoms with van der Waals surface area (Å²) in [5.74, 6) is -0.941. The maximum atomic E-state index is 14.0. The van der Waals surface area contributed by atoms with E-state index in [1.807, 2.05) is 18.2 Å². The fraction of sp³-hybridized carbons (Fsp3) is 0.125. The molecule has 0 aliphatic carbocycles. The number of carbonyl (C=O) groups is 2. The number of aromatic nitrogens is 2. The molecule has 6 nitrogen and oxygen atoms in total. The zero-order valence-corrected chi connectivity index (χ0v) is 19.4. The summed E-state index contributed by atoms with van der Waals surface area (Å²) in [7, 11) is 3.40. The van der Waals surface area contributed by atoms with E-state index in [1.54, 1.807) is 37.5 Å². The Bertz CT molecular complexity index is 1130. The van der Waals surface area contributed by atoms with Gasteiger partial charge in [-0.1, -0.05) is 18.2 Å². The number of H-pyrrole nitrogens is 1. The predicted octanol–water partition coefficient (Wildman–Crippen LogP) is 5.41. The molecule has 0 aliphatic heterocycles. The Balaban J connectivity index is 0.00000121. The van der Waals surface area contributed by atoms with Crippen LogP contribution in [0.2, 0.25) is 0 Å². The highest BCUT2D eigenvalue weighted by molar-refractivity contribution is 7.23. The number of hydrogen-bond donors (Lipinski definition) is 3. The molecule has 3 aromatic rings. The van der Waals surface area contributed by atoms with Crippen LogP contribution in [-0.4, -0.2) is 34.4 Å². The largest absolute Gasteiger partial charge is 0.400 e. The number of aliphatic hydroxyl groups excluding tert-OH is 1. The number of fused-ring (bicyclic) bond motifs is 1. The number of aromatic amines is 1. The van der Waals surface area contributed by atoms with Crippen molar-refractivity contribution < 1.29 is 19.1 Å². The summed E-state index contributed by atoms with van der Waals surface area (Å²) in [4.78, 5) is 30.9. The Morgan fingerprint density at radius 2 is 1.84 bits per heavy atom. The Morgan fingerprint density at radius 3 is 2.38 bits per heavy atom. The van der Waals surface area contributed by atoms with Crippen molar-refractivity contribution in [2.75, 3.05) is 12.4 Å². The number of hydrogen-bond acceptors (Lipinski definition) is 4. The van der Waals surface area contributed by atoms with E-state index in [4.69, 9.17) is 5.11 Å². The number of Topliss-reactive ketones (excluding diaryl/α,β-unsaturated/α-hetero) is 1. The number of ketones is 1. The van der Waals surface area contributed by atoms with Crippen molar-refractivity contribution >= 4 is 38.2 Å². The Hall–Kier alpha value is -3.41. The third-order valence-electron chi connectivity index (χ3n) is 4.39. The van der Waals surface area contributed by atoms with Crippen LogP contribution >= 0.6 is 9.24 Å². The van der Waals surface area contributed by atoms with E-state index in [-0.39, 0.29) is 5.57 Å². The number of benzene rings is 1. The van der Waals surface area contributed by atoms with Crippen LogP contribution in [0.5, 0.6) is 0 Å². The van der Waals surface area contributed by atoms with Crippen LogP contribution in [0, 0.1) is 0 Å². The van der Waals surface area contributed by atoms with Gasteiger partial charge in [-0.05, 0) is 42.9 Å². The van der Waals surface area contributed by atoms with Crippen molar-refractivity contribution in [3.63, 3.8) is 0 Å². The monoisotopic (exact) mass is 455 g/mol. The number of halogens is 1. The minimum atomic E-state index is -0.537. The molecule has 0 spiro atoms. The molecule has 1 atom stereocenters. The van der Waals surface area contributed by atoms with E-state index >= 15 is 0 Å². The van der Waals surface area contributed by atoms with E-state index in [0.29, 0.717) is 34.0 Å². The standard InChI is InChI=1S/C21H19FN3O2P.C2H4.CH4O/c1-3-18(28)19(12(2)22)20(27)17-10-24-21-16(17)8-14(9-23-21)13-4-6-15(7-5-13)25-11-26;2*1-2/h3-11H,28H2,1-2H3,(H,23,24)(H,25,26);1-2H2;2H,1H3/b18-3+,19-12-;;. The molecular weight excluding hydrogens is 428 g/mol. The molecule has 3 N–H and O–H groups in total. The van der Waals surface area contributed by atoms with Gasteiger partial charge in [0, 0.05) is 41.7 Å². The van der Waals surface area contributed by atoms with Crippen molar-refractivity contribution in [2.24, 2.45) is 0 Å². The normalized spacial score (nSPS) is 11.4. The van der Waals surface area contributed by atoms with E-state index in [9.17, 15) is 14.0 Å². The van der Waals surface area contributed by atoms with Crippen molar-refractivity contribution in [2.45, 2.75) is 13.8 Å². The molecule has 2 heterocycles. The highest BCUT2D eigenvalue weighted by Gasteiger charge is 2.21. The van der Waals surface area contributed by atoms with Crippen molar-refractivity contribution in [3.8, 4) is 11.1 Å². The van der Waals surface area contributed by atoms with Gasteiger partial charge in [-0.25, -0.2) is 9.37 Å². The molecule has 168 valence electrons. The lowest BCUT2D eigenvalue weighted by Gasteiger charge is -2.07. The minimum absolute atomic E-state index is 0.0306. The van der Waals surface area contributed by atoms with Crippen LogP contribution in [0.15, 0.2) is 78.7 Å². The maximum Gasteiger partial charge on any atom is 0.211 e. The molecule has 1 unspecified atom stereocenters. The van der Waals surface area contributed by atoms with Crippen LogP contribution in [0.25, 0.3) is 22.2 Å². The van der Waals surface area contributed by atoms with E-state index in [1.165, 1.54) is 6.92 Å². The van der Waals surface area contributed by atoms with Gasteiger partial charge in [0.15, 0.2) is 5.78 Å². The van der Waals surface area contributed by atoms with Gasteiger partial charge in [-0.2, -0.15) is 0 Å². The lowest BCUT2D eigenvalue weighted by Crippen LogP contribution is -2.04. The fourth-order valence-corrected chi connectivity index (χ4v) is 3.27. The SMILES string of the molecule is C/C=C(P)\C(C(=O)c1c[nH]c2ncc(-c3ccc(NC=O)cc3)cc12)=C(/C)F.C=C.CO. The molecule has 1 aromatic carbocycles. The maximum absolute atomic E-state index is 14.0. The second-order valence-corrected chi connectivity index (χ2v) is 6.77. The molecule has 0 saturated heterocycles. The minimum Gasteiger partial charge on any atom is -0.400 e. The summed E-state index contributed by atoms with van der Waals surface area (Å²) in [6, 6.07) is 9.09. The Kier molecular flexibility index (Phi) is 10.9. The summed E-state index contributed by atoms with van der Waals surface area (Å²) in [6.45, 7) is 9.02. The molecule has 1 amide bonds. The number of rotatable bonds is 6. The molecule has 0 bridgehead atoms. The number of aliphatic hydroxyl groups is 1. The van der Waals surface area contributed by atoms with E-state index in [2.05, 4.69) is 37.7 Å². The Labute approximate surface area is 189 Å². The topological polar surface area (TPSA) is 95.1 Å². The molecule has 0 radical (unpaired) electrons. The first-order chi connectivity index (χ1) is 15.5. The number of allylic oxidation sites excluding steroid dienone is 4. The second kappa shape index (κ2) is 13.1. The van der Waals surface area contributed by atoms with Crippen molar-refractivity contribution in [1.82, 2.24) is 9.97 Å². The number of anilines is 1. The zero-order chi connectivity index (χ0) is 24.3. The first kappa shape index (κ1) is 26.6. The summed E-state index contributed by atoms with van der Waals surface area (Å²) >= 11 is 0. The number of pyridine rings is 1. The molecule has 8 heteroatoms. The third-order valence-corrected chi connectivity index (χ3v) is 5.01. The fourth-order valence-electron chi connectivity index (χ4n) is 2.94. The number of nitrogens with one attached hydrogen (secondary N) is 2. The summed E-state index contributed by atoms with van der Waals surface area (Å²) in [5, 5.41) is 10.7. The van der Waals surface area contributed by atoms with E-state index in [0.717, 1.165) is 18.2 Å². The van der Waals surface area contributed by atoms with Crippen molar-refractivity contribution in [1.29, 1.82) is 0 Å². The number of amides is 1. The highest BCUT2D eigenvalue weighted by atomic mass is 31.0. The average Bonchev–Trinajstić information content (AvgIpc) is 3.25. The highest BCUT2D eigenvalue weighted by Crippen LogP contribution is 2.30. The van der Waals surface area contributed by atoms with Gasteiger partial charge in [-0.3, -0.25) is 9.59 Å². The van der Waals surface area contributed by atoms with Gasteiger partial charge in [-0.15, -0.1) is 22.4 Å². The number of nitrogens with zero attached hydrogens (tertiary/aromatic N) is 1. The quantitative estimate of drug-likeness (QED) is 0.116. The van der Waals surface area contributed by atoms with Gasteiger partial charge >= 0.3 is 0 Å². The van der Waals surface area contributed by atoms with Crippen molar-refractivity contribution in [3.05, 3.63) is 84.2 Å². The van der Waals surface area contributed by atoms with Gasteiger partial charge < -0.3 is 15.4 Å².